The van der Waals surface area contributed by atoms with Gasteiger partial charge in [-0.1, -0.05) is 25.1 Å². The summed E-state index contributed by atoms with van der Waals surface area (Å²) in [5.74, 6) is 0. The number of para-hydroxylation sites is 1. The van der Waals surface area contributed by atoms with Crippen LogP contribution in [0.3, 0.4) is 0 Å². The lowest BCUT2D eigenvalue weighted by Crippen LogP contribution is -2.36. The Morgan fingerprint density at radius 2 is 2.00 bits per heavy atom. The highest BCUT2D eigenvalue weighted by Gasteiger charge is 2.11. The Morgan fingerprint density at radius 3 is 2.74 bits per heavy atom. The number of hydrogen-bond acceptors (Lipinski definition) is 2. The molecule has 1 fully saturated rings. The average Bonchev–Trinajstić information content (AvgIpc) is 2.92. The van der Waals surface area contributed by atoms with Crippen LogP contribution in [0.25, 0.3) is 0 Å². The predicted octanol–water partition coefficient (Wildman–Crippen LogP) is 2.47. The standard InChI is InChI=1S/C15H23N3O/c1-2-13-7-3-4-8-14(13)17-15(19)16-9-12-18-10-5-6-11-18/h3-4,7-8H,2,5-6,9-12H2,1H3,(H2,16,17,19). The van der Waals surface area contributed by atoms with Crippen LogP contribution < -0.4 is 10.6 Å². The summed E-state index contributed by atoms with van der Waals surface area (Å²) in [6.07, 6.45) is 3.50. The molecule has 2 amide bonds. The van der Waals surface area contributed by atoms with Crippen LogP contribution in [-0.4, -0.2) is 37.1 Å². The highest BCUT2D eigenvalue weighted by molar-refractivity contribution is 5.90. The lowest BCUT2D eigenvalue weighted by Gasteiger charge is -2.15. The number of benzene rings is 1. The maximum atomic E-state index is 11.8. The highest BCUT2D eigenvalue weighted by atomic mass is 16.2. The van der Waals surface area contributed by atoms with Crippen LogP contribution in [0.4, 0.5) is 10.5 Å². The normalized spacial score (nSPS) is 15.4. The number of carbonyl (C=O) groups excluding carboxylic acids is 1. The number of hydrogen-bond donors (Lipinski definition) is 2. The van der Waals surface area contributed by atoms with Gasteiger partial charge in [-0.3, -0.25) is 0 Å². The molecule has 0 atom stereocenters. The summed E-state index contributed by atoms with van der Waals surface area (Å²) in [5.41, 5.74) is 2.07. The van der Waals surface area contributed by atoms with Crippen molar-refractivity contribution < 1.29 is 4.79 Å². The van der Waals surface area contributed by atoms with Crippen molar-refractivity contribution in [3.63, 3.8) is 0 Å². The van der Waals surface area contributed by atoms with E-state index < -0.39 is 0 Å². The van der Waals surface area contributed by atoms with Crippen molar-refractivity contribution in [2.75, 3.05) is 31.5 Å². The van der Waals surface area contributed by atoms with Crippen molar-refractivity contribution in [2.45, 2.75) is 26.2 Å². The zero-order valence-electron chi connectivity index (χ0n) is 11.6. The number of anilines is 1. The Bertz CT molecular complexity index is 414. The number of rotatable bonds is 5. The molecule has 1 aliphatic rings. The second kappa shape index (κ2) is 7.14. The van der Waals surface area contributed by atoms with Crippen LogP contribution in [0.5, 0.6) is 0 Å². The van der Waals surface area contributed by atoms with Crippen LogP contribution in [0.1, 0.15) is 25.3 Å². The molecule has 0 radical (unpaired) electrons. The van der Waals surface area contributed by atoms with E-state index in [1.54, 1.807) is 0 Å². The third-order valence-electron chi connectivity index (χ3n) is 3.56. The Labute approximate surface area is 115 Å². The smallest absolute Gasteiger partial charge is 0.319 e. The summed E-state index contributed by atoms with van der Waals surface area (Å²) >= 11 is 0. The summed E-state index contributed by atoms with van der Waals surface area (Å²) in [5, 5.41) is 5.84. The fourth-order valence-electron chi connectivity index (χ4n) is 2.45. The minimum absolute atomic E-state index is 0.111. The van der Waals surface area contributed by atoms with E-state index in [0.29, 0.717) is 6.54 Å². The van der Waals surface area contributed by atoms with Crippen molar-refractivity contribution in [3.05, 3.63) is 29.8 Å². The zero-order valence-corrected chi connectivity index (χ0v) is 11.6. The first-order valence-electron chi connectivity index (χ1n) is 7.14. The lowest BCUT2D eigenvalue weighted by atomic mass is 10.1. The topological polar surface area (TPSA) is 44.4 Å². The summed E-state index contributed by atoms with van der Waals surface area (Å²) < 4.78 is 0. The molecule has 104 valence electrons. The Kier molecular flexibility index (Phi) is 5.21. The molecule has 0 unspecified atom stereocenters. The first-order chi connectivity index (χ1) is 9.29. The molecule has 0 spiro atoms. The summed E-state index contributed by atoms with van der Waals surface area (Å²) in [7, 11) is 0. The van der Waals surface area contributed by atoms with Crippen molar-refractivity contribution in [1.29, 1.82) is 0 Å². The predicted molar refractivity (Wildman–Crippen MR) is 78.5 cm³/mol. The van der Waals surface area contributed by atoms with Crippen LogP contribution in [-0.2, 0) is 6.42 Å². The zero-order chi connectivity index (χ0) is 13.5. The third kappa shape index (κ3) is 4.24. The number of nitrogens with one attached hydrogen (secondary N) is 2. The van der Waals surface area contributed by atoms with Crippen LogP contribution in [0, 0.1) is 0 Å². The van der Waals surface area contributed by atoms with Gasteiger partial charge in [0.1, 0.15) is 0 Å². The van der Waals surface area contributed by atoms with Crippen LogP contribution in [0.15, 0.2) is 24.3 Å². The maximum absolute atomic E-state index is 11.8. The van der Waals surface area contributed by atoms with Gasteiger partial charge in [0.15, 0.2) is 0 Å². The Morgan fingerprint density at radius 1 is 1.26 bits per heavy atom. The minimum atomic E-state index is -0.111. The molecular weight excluding hydrogens is 238 g/mol. The SMILES string of the molecule is CCc1ccccc1NC(=O)NCCN1CCCC1. The maximum Gasteiger partial charge on any atom is 0.319 e. The van der Waals surface area contributed by atoms with Gasteiger partial charge < -0.3 is 15.5 Å². The molecule has 0 aromatic heterocycles. The molecule has 1 aromatic rings. The highest BCUT2D eigenvalue weighted by Crippen LogP contribution is 2.14. The third-order valence-corrected chi connectivity index (χ3v) is 3.56. The van der Waals surface area contributed by atoms with Gasteiger partial charge in [-0.05, 0) is 44.0 Å². The second-order valence-corrected chi connectivity index (χ2v) is 4.94. The van der Waals surface area contributed by atoms with E-state index in [0.717, 1.165) is 24.2 Å². The van der Waals surface area contributed by atoms with E-state index in [4.69, 9.17) is 0 Å². The minimum Gasteiger partial charge on any atom is -0.337 e. The molecule has 1 saturated heterocycles. The molecule has 1 aliphatic heterocycles. The van der Waals surface area contributed by atoms with Gasteiger partial charge >= 0.3 is 6.03 Å². The van der Waals surface area contributed by atoms with E-state index in [1.165, 1.54) is 25.9 Å². The van der Waals surface area contributed by atoms with Gasteiger partial charge in [-0.25, -0.2) is 4.79 Å². The lowest BCUT2D eigenvalue weighted by molar-refractivity contribution is 0.249. The van der Waals surface area contributed by atoms with Gasteiger partial charge in [0.2, 0.25) is 0 Å². The summed E-state index contributed by atoms with van der Waals surface area (Å²) in [6.45, 7) is 6.08. The van der Waals surface area contributed by atoms with Gasteiger partial charge in [-0.15, -0.1) is 0 Å². The first-order valence-corrected chi connectivity index (χ1v) is 7.14. The molecule has 4 nitrogen and oxygen atoms in total. The van der Waals surface area contributed by atoms with E-state index in [1.807, 2.05) is 24.3 Å². The van der Waals surface area contributed by atoms with Gasteiger partial charge in [0.25, 0.3) is 0 Å². The molecule has 1 heterocycles. The van der Waals surface area contributed by atoms with Crippen molar-refractivity contribution in [3.8, 4) is 0 Å². The average molecular weight is 261 g/mol. The first kappa shape index (κ1) is 13.9. The van der Waals surface area contributed by atoms with Crippen LogP contribution in [0.2, 0.25) is 0 Å². The van der Waals surface area contributed by atoms with Crippen molar-refractivity contribution in [2.24, 2.45) is 0 Å². The molecule has 0 aliphatic carbocycles. The molecule has 2 N–H and O–H groups in total. The number of carbonyl (C=O) groups is 1. The Hall–Kier alpha value is -1.55. The van der Waals surface area contributed by atoms with E-state index in [2.05, 4.69) is 22.5 Å². The fourth-order valence-corrected chi connectivity index (χ4v) is 2.45. The van der Waals surface area contributed by atoms with Gasteiger partial charge in [-0.2, -0.15) is 0 Å². The fraction of sp³-hybridized carbons (Fsp3) is 0.533. The Balaban J connectivity index is 1.74. The van der Waals surface area contributed by atoms with Gasteiger partial charge in [0.05, 0.1) is 0 Å². The summed E-state index contributed by atoms with van der Waals surface area (Å²) in [6, 6.07) is 7.81. The van der Waals surface area contributed by atoms with Crippen molar-refractivity contribution in [1.82, 2.24) is 10.2 Å². The molecular formula is C15H23N3O. The number of nitrogens with zero attached hydrogens (tertiary/aromatic N) is 1. The second-order valence-electron chi connectivity index (χ2n) is 4.94. The van der Waals surface area contributed by atoms with E-state index >= 15 is 0 Å². The monoisotopic (exact) mass is 261 g/mol. The summed E-state index contributed by atoms with van der Waals surface area (Å²) in [4.78, 5) is 14.2. The van der Waals surface area contributed by atoms with Crippen LogP contribution >= 0.6 is 0 Å². The van der Waals surface area contributed by atoms with E-state index in [9.17, 15) is 4.79 Å². The molecule has 0 saturated carbocycles. The van der Waals surface area contributed by atoms with Gasteiger partial charge in [0, 0.05) is 18.8 Å². The van der Waals surface area contributed by atoms with Crippen molar-refractivity contribution >= 4 is 11.7 Å². The molecule has 2 rings (SSSR count). The largest absolute Gasteiger partial charge is 0.337 e. The molecule has 19 heavy (non-hydrogen) atoms. The quantitative estimate of drug-likeness (QED) is 0.855. The molecule has 4 heteroatoms. The molecule has 0 bridgehead atoms. The number of urea groups is 1. The number of likely N-dealkylation sites (tertiary alicyclic amines) is 1. The number of amides is 2. The van der Waals surface area contributed by atoms with E-state index in [-0.39, 0.29) is 6.03 Å². The number of aryl methyl sites for hydroxylation is 1. The molecule has 1 aromatic carbocycles.